The van der Waals surface area contributed by atoms with Gasteiger partial charge in [0.15, 0.2) is 0 Å². The highest BCUT2D eigenvalue weighted by atomic mass is 16.6. The van der Waals surface area contributed by atoms with Gasteiger partial charge in [0.1, 0.15) is 5.75 Å². The van der Waals surface area contributed by atoms with Crippen molar-refractivity contribution in [2.75, 3.05) is 13.7 Å². The molecule has 0 atom stereocenters. The normalized spacial score (nSPS) is 14.6. The molecular weight excluding hydrogens is 210 g/mol. The van der Waals surface area contributed by atoms with Gasteiger partial charge in [0.2, 0.25) is 5.75 Å². The molecule has 0 heterocycles. The molecule has 0 saturated heterocycles. The third-order valence-electron chi connectivity index (χ3n) is 2.53. The zero-order valence-electron chi connectivity index (χ0n) is 9.01. The molecule has 0 aromatic heterocycles. The minimum absolute atomic E-state index is 0.0405. The van der Waals surface area contributed by atoms with Gasteiger partial charge in [0, 0.05) is 12.1 Å². The molecule has 0 radical (unpaired) electrons. The number of methoxy groups -OCH3 is 1. The molecule has 1 aromatic carbocycles. The van der Waals surface area contributed by atoms with Gasteiger partial charge in [-0.1, -0.05) is 0 Å². The summed E-state index contributed by atoms with van der Waals surface area (Å²) in [7, 11) is 1.41. The van der Waals surface area contributed by atoms with Gasteiger partial charge >= 0.3 is 5.69 Å². The fourth-order valence-electron chi connectivity index (χ4n) is 1.40. The molecule has 1 aliphatic rings. The molecule has 1 aliphatic carbocycles. The lowest BCUT2D eigenvalue weighted by Crippen LogP contribution is -2.00. The molecule has 86 valence electrons. The molecule has 0 N–H and O–H groups in total. The topological polar surface area (TPSA) is 61.6 Å². The average molecular weight is 223 g/mol. The summed E-state index contributed by atoms with van der Waals surface area (Å²) in [4.78, 5) is 10.2. The second-order valence-electron chi connectivity index (χ2n) is 3.85. The molecule has 16 heavy (non-hydrogen) atoms. The van der Waals surface area contributed by atoms with Crippen molar-refractivity contribution in [2.24, 2.45) is 5.92 Å². The summed E-state index contributed by atoms with van der Waals surface area (Å²) in [5, 5.41) is 10.7. The molecule has 0 amide bonds. The van der Waals surface area contributed by atoms with E-state index < -0.39 is 4.92 Å². The minimum atomic E-state index is -0.469. The van der Waals surface area contributed by atoms with E-state index in [0.717, 1.165) is 0 Å². The first-order valence-corrected chi connectivity index (χ1v) is 5.16. The van der Waals surface area contributed by atoms with Crippen LogP contribution in [0.15, 0.2) is 18.2 Å². The maximum atomic E-state index is 10.7. The smallest absolute Gasteiger partial charge is 0.311 e. The maximum Gasteiger partial charge on any atom is 0.311 e. The number of hydrogen-bond donors (Lipinski definition) is 0. The van der Waals surface area contributed by atoms with Crippen LogP contribution in [0.5, 0.6) is 11.5 Å². The number of rotatable bonds is 5. The first-order chi connectivity index (χ1) is 7.70. The largest absolute Gasteiger partial charge is 0.493 e. The van der Waals surface area contributed by atoms with Crippen molar-refractivity contribution in [3.05, 3.63) is 28.3 Å². The Morgan fingerprint density at radius 2 is 2.25 bits per heavy atom. The van der Waals surface area contributed by atoms with E-state index >= 15 is 0 Å². The second kappa shape index (κ2) is 4.38. The Hall–Kier alpha value is -1.78. The van der Waals surface area contributed by atoms with Crippen LogP contribution >= 0.6 is 0 Å². The molecule has 1 saturated carbocycles. The van der Waals surface area contributed by atoms with Crippen molar-refractivity contribution in [3.63, 3.8) is 0 Å². The van der Waals surface area contributed by atoms with Crippen molar-refractivity contribution in [3.8, 4) is 11.5 Å². The summed E-state index contributed by atoms with van der Waals surface area (Å²) in [5.41, 5.74) is -0.0405. The van der Waals surface area contributed by atoms with E-state index in [2.05, 4.69) is 0 Å². The quantitative estimate of drug-likeness (QED) is 0.568. The molecule has 0 unspecified atom stereocenters. The van der Waals surface area contributed by atoms with Gasteiger partial charge in [-0.25, -0.2) is 0 Å². The summed E-state index contributed by atoms with van der Waals surface area (Å²) in [6.45, 7) is 0.682. The number of nitro groups is 1. The van der Waals surface area contributed by atoms with Crippen LogP contribution in [0.2, 0.25) is 0 Å². The zero-order chi connectivity index (χ0) is 11.5. The third kappa shape index (κ3) is 2.42. The highest BCUT2D eigenvalue weighted by Crippen LogP contribution is 2.33. The number of hydrogen-bond acceptors (Lipinski definition) is 4. The average Bonchev–Trinajstić information content (AvgIpc) is 3.09. The minimum Gasteiger partial charge on any atom is -0.493 e. The predicted octanol–water partition coefficient (Wildman–Crippen LogP) is 2.39. The van der Waals surface area contributed by atoms with Crippen LogP contribution in [0.25, 0.3) is 0 Å². The highest BCUT2D eigenvalue weighted by molar-refractivity contribution is 5.50. The van der Waals surface area contributed by atoms with Crippen LogP contribution in [0.4, 0.5) is 5.69 Å². The lowest BCUT2D eigenvalue weighted by atomic mass is 10.3. The van der Waals surface area contributed by atoms with Crippen molar-refractivity contribution in [2.45, 2.75) is 12.8 Å². The Morgan fingerprint density at radius 3 is 2.81 bits per heavy atom. The van der Waals surface area contributed by atoms with E-state index in [1.54, 1.807) is 12.1 Å². The van der Waals surface area contributed by atoms with Gasteiger partial charge in [-0.3, -0.25) is 10.1 Å². The van der Waals surface area contributed by atoms with E-state index in [9.17, 15) is 10.1 Å². The summed E-state index contributed by atoms with van der Waals surface area (Å²) in [6, 6.07) is 4.56. The summed E-state index contributed by atoms with van der Waals surface area (Å²) in [5.74, 6) is 1.51. The Balaban J connectivity index is 2.11. The van der Waals surface area contributed by atoms with Crippen molar-refractivity contribution in [1.29, 1.82) is 0 Å². The number of nitrogens with zero attached hydrogens (tertiary/aromatic N) is 1. The van der Waals surface area contributed by atoms with E-state index in [1.807, 2.05) is 0 Å². The Kier molecular flexibility index (Phi) is 2.94. The van der Waals surface area contributed by atoms with Crippen LogP contribution in [0.3, 0.4) is 0 Å². The number of ether oxygens (including phenoxy) is 2. The van der Waals surface area contributed by atoms with Crippen molar-refractivity contribution in [1.82, 2.24) is 0 Å². The maximum absolute atomic E-state index is 10.7. The molecule has 5 heteroatoms. The summed E-state index contributed by atoms with van der Waals surface area (Å²) < 4.78 is 10.5. The molecule has 0 spiro atoms. The first-order valence-electron chi connectivity index (χ1n) is 5.16. The molecule has 0 bridgehead atoms. The van der Waals surface area contributed by atoms with Gasteiger partial charge in [0.25, 0.3) is 0 Å². The van der Waals surface area contributed by atoms with Crippen LogP contribution in [-0.4, -0.2) is 18.6 Å². The molecular formula is C11H13NO4. The zero-order valence-corrected chi connectivity index (χ0v) is 9.01. The van der Waals surface area contributed by atoms with Gasteiger partial charge in [-0.2, -0.15) is 0 Å². The Morgan fingerprint density at radius 1 is 1.50 bits per heavy atom. The van der Waals surface area contributed by atoms with E-state index in [1.165, 1.54) is 26.0 Å². The van der Waals surface area contributed by atoms with Gasteiger partial charge in [-0.15, -0.1) is 0 Å². The lowest BCUT2D eigenvalue weighted by Gasteiger charge is -2.07. The standard InChI is InChI=1S/C11H13NO4/c1-15-11-6-9(16-7-8-2-3-8)4-5-10(11)12(13)14/h4-6,8H,2-3,7H2,1H3. The molecule has 5 nitrogen and oxygen atoms in total. The summed E-state index contributed by atoms with van der Waals surface area (Å²) in [6.07, 6.45) is 2.42. The van der Waals surface area contributed by atoms with E-state index in [0.29, 0.717) is 18.3 Å². The number of nitro benzene ring substituents is 1. The van der Waals surface area contributed by atoms with Gasteiger partial charge < -0.3 is 9.47 Å². The molecule has 1 fully saturated rings. The van der Waals surface area contributed by atoms with E-state index in [4.69, 9.17) is 9.47 Å². The first kappa shape index (κ1) is 10.7. The van der Waals surface area contributed by atoms with Crippen molar-refractivity contribution >= 4 is 5.69 Å². The third-order valence-corrected chi connectivity index (χ3v) is 2.53. The van der Waals surface area contributed by atoms with E-state index in [-0.39, 0.29) is 11.4 Å². The van der Waals surface area contributed by atoms with Crippen LogP contribution < -0.4 is 9.47 Å². The van der Waals surface area contributed by atoms with Crippen LogP contribution in [0, 0.1) is 16.0 Å². The van der Waals surface area contributed by atoms with Crippen molar-refractivity contribution < 1.29 is 14.4 Å². The fraction of sp³-hybridized carbons (Fsp3) is 0.455. The molecule has 1 aromatic rings. The fourth-order valence-corrected chi connectivity index (χ4v) is 1.40. The molecule has 2 rings (SSSR count). The Bertz CT molecular complexity index is 401. The molecule has 0 aliphatic heterocycles. The predicted molar refractivity (Wildman–Crippen MR) is 57.9 cm³/mol. The van der Waals surface area contributed by atoms with Gasteiger partial charge in [0.05, 0.1) is 18.6 Å². The second-order valence-corrected chi connectivity index (χ2v) is 3.85. The van der Waals surface area contributed by atoms with Crippen LogP contribution in [0.1, 0.15) is 12.8 Å². The highest BCUT2D eigenvalue weighted by Gasteiger charge is 2.22. The van der Waals surface area contributed by atoms with Crippen LogP contribution in [-0.2, 0) is 0 Å². The summed E-state index contributed by atoms with van der Waals surface area (Å²) >= 11 is 0. The SMILES string of the molecule is COc1cc(OCC2CC2)ccc1[N+](=O)[O-]. The lowest BCUT2D eigenvalue weighted by molar-refractivity contribution is -0.385. The number of benzene rings is 1. The Labute approximate surface area is 93.1 Å². The van der Waals surface area contributed by atoms with Gasteiger partial charge in [-0.05, 0) is 24.8 Å². The monoisotopic (exact) mass is 223 g/mol.